The van der Waals surface area contributed by atoms with Gasteiger partial charge in [-0.1, -0.05) is 0 Å². The van der Waals surface area contributed by atoms with Crippen molar-refractivity contribution in [1.29, 1.82) is 0 Å². The van der Waals surface area contributed by atoms with E-state index in [4.69, 9.17) is 4.74 Å². The van der Waals surface area contributed by atoms with Crippen molar-refractivity contribution in [3.05, 3.63) is 17.5 Å². The Labute approximate surface area is 118 Å². The molecule has 0 bridgehead atoms. The van der Waals surface area contributed by atoms with Gasteiger partial charge in [-0.3, -0.25) is 14.3 Å². The molecule has 2 heterocycles. The molecule has 1 aromatic rings. The fourth-order valence-electron chi connectivity index (χ4n) is 2.34. The van der Waals surface area contributed by atoms with Crippen LogP contribution < -0.4 is 5.32 Å². The Bertz CT molecular complexity index is 568. The van der Waals surface area contributed by atoms with Crippen molar-refractivity contribution in [2.75, 3.05) is 13.2 Å². The minimum atomic E-state index is -4.55. The maximum Gasteiger partial charge on any atom is 0.433 e. The van der Waals surface area contributed by atoms with Gasteiger partial charge in [-0.2, -0.15) is 18.3 Å². The molecule has 0 spiro atoms. The Morgan fingerprint density at radius 2 is 2.24 bits per heavy atom. The zero-order valence-electron chi connectivity index (χ0n) is 11.4. The van der Waals surface area contributed by atoms with Crippen molar-refractivity contribution in [1.82, 2.24) is 15.1 Å². The van der Waals surface area contributed by atoms with Crippen LogP contribution in [0.15, 0.2) is 6.07 Å². The van der Waals surface area contributed by atoms with Crippen LogP contribution in [0.4, 0.5) is 13.2 Å². The van der Waals surface area contributed by atoms with Gasteiger partial charge < -0.3 is 10.1 Å². The van der Waals surface area contributed by atoms with E-state index in [1.807, 2.05) is 0 Å². The first-order valence-electron chi connectivity index (χ1n) is 6.31. The second kappa shape index (κ2) is 5.38. The van der Waals surface area contributed by atoms with Crippen LogP contribution in [-0.4, -0.2) is 34.8 Å². The number of carbonyl (C=O) groups excluding carboxylic acids is 2. The normalized spacial score (nSPS) is 22.2. The summed E-state index contributed by atoms with van der Waals surface area (Å²) in [7, 11) is 1.16. The summed E-state index contributed by atoms with van der Waals surface area (Å²) in [5.74, 6) is -3.24. The molecule has 1 aliphatic rings. The number of hydrogen-bond donors (Lipinski definition) is 1. The van der Waals surface area contributed by atoms with Crippen molar-refractivity contribution in [3.63, 3.8) is 0 Å². The molecule has 6 nitrogen and oxygen atoms in total. The SMILES string of the molecule is CCOC(=O)C1C(=O)NC[C@@H]1c1cc(C(F)(F)F)n(C)n1. The summed E-state index contributed by atoms with van der Waals surface area (Å²) in [4.78, 5) is 23.5. The molecular formula is C12H14F3N3O3. The molecule has 1 fully saturated rings. The van der Waals surface area contributed by atoms with E-state index in [0.717, 1.165) is 13.1 Å². The molecule has 2 rings (SSSR count). The summed E-state index contributed by atoms with van der Waals surface area (Å²) in [6, 6.07) is 0.858. The van der Waals surface area contributed by atoms with Crippen LogP contribution in [-0.2, 0) is 27.5 Å². The van der Waals surface area contributed by atoms with Gasteiger partial charge in [0, 0.05) is 19.5 Å². The first-order chi connectivity index (χ1) is 9.75. The third kappa shape index (κ3) is 2.86. The van der Waals surface area contributed by atoms with Gasteiger partial charge in [-0.05, 0) is 13.0 Å². The highest BCUT2D eigenvalue weighted by atomic mass is 19.4. The van der Waals surface area contributed by atoms with Crippen LogP contribution in [0.25, 0.3) is 0 Å². The van der Waals surface area contributed by atoms with Crippen molar-refractivity contribution in [2.24, 2.45) is 13.0 Å². The number of carbonyl (C=O) groups is 2. The second-order valence-corrected chi connectivity index (χ2v) is 4.66. The summed E-state index contributed by atoms with van der Waals surface area (Å²) in [6.07, 6.45) is -4.55. The zero-order chi connectivity index (χ0) is 15.8. The average Bonchev–Trinajstić information content (AvgIpc) is 2.92. The fourth-order valence-corrected chi connectivity index (χ4v) is 2.34. The summed E-state index contributed by atoms with van der Waals surface area (Å²) >= 11 is 0. The van der Waals surface area contributed by atoms with E-state index in [2.05, 4.69) is 10.4 Å². The minimum Gasteiger partial charge on any atom is -0.465 e. The molecule has 9 heteroatoms. The number of nitrogens with zero attached hydrogens (tertiary/aromatic N) is 2. The number of aryl methyl sites for hydroxylation is 1. The molecule has 0 aromatic carbocycles. The first-order valence-corrected chi connectivity index (χ1v) is 6.31. The summed E-state index contributed by atoms with van der Waals surface area (Å²) in [5.41, 5.74) is -0.888. The van der Waals surface area contributed by atoms with Gasteiger partial charge in [0.05, 0.1) is 12.3 Å². The summed E-state index contributed by atoms with van der Waals surface area (Å²) in [5, 5.41) is 6.24. The van der Waals surface area contributed by atoms with Gasteiger partial charge in [-0.15, -0.1) is 0 Å². The van der Waals surface area contributed by atoms with Gasteiger partial charge in [-0.25, -0.2) is 0 Å². The lowest BCUT2D eigenvalue weighted by Gasteiger charge is -2.13. The van der Waals surface area contributed by atoms with Gasteiger partial charge in [0.2, 0.25) is 5.91 Å². The number of rotatable bonds is 3. The monoisotopic (exact) mass is 305 g/mol. The molecule has 1 unspecified atom stereocenters. The number of aromatic nitrogens is 2. The van der Waals surface area contributed by atoms with Crippen molar-refractivity contribution < 1.29 is 27.5 Å². The molecule has 1 aliphatic heterocycles. The third-order valence-electron chi connectivity index (χ3n) is 3.29. The predicted molar refractivity (Wildman–Crippen MR) is 64.1 cm³/mol. The number of halogens is 3. The Morgan fingerprint density at radius 3 is 2.76 bits per heavy atom. The second-order valence-electron chi connectivity index (χ2n) is 4.66. The van der Waals surface area contributed by atoms with E-state index in [1.165, 1.54) is 0 Å². The number of amides is 1. The molecule has 2 atom stereocenters. The number of esters is 1. The van der Waals surface area contributed by atoms with E-state index in [1.54, 1.807) is 6.92 Å². The van der Waals surface area contributed by atoms with Gasteiger partial charge in [0.25, 0.3) is 0 Å². The molecule has 1 saturated heterocycles. The van der Waals surface area contributed by atoms with Crippen LogP contribution >= 0.6 is 0 Å². The van der Waals surface area contributed by atoms with E-state index in [0.29, 0.717) is 4.68 Å². The molecule has 0 aliphatic carbocycles. The maximum atomic E-state index is 12.8. The Kier molecular flexibility index (Phi) is 3.93. The van der Waals surface area contributed by atoms with Crippen molar-refractivity contribution in [3.8, 4) is 0 Å². The smallest absolute Gasteiger partial charge is 0.433 e. The topological polar surface area (TPSA) is 73.2 Å². The van der Waals surface area contributed by atoms with Crippen LogP contribution in [0, 0.1) is 5.92 Å². The lowest BCUT2D eigenvalue weighted by molar-refractivity contribution is -0.151. The molecule has 1 amide bonds. The number of alkyl halides is 3. The summed E-state index contributed by atoms with van der Waals surface area (Å²) < 4.78 is 43.8. The highest BCUT2D eigenvalue weighted by molar-refractivity contribution is 6.00. The quantitative estimate of drug-likeness (QED) is 0.663. The molecular weight excluding hydrogens is 291 g/mol. The molecule has 1 aromatic heterocycles. The Hall–Kier alpha value is -2.06. The average molecular weight is 305 g/mol. The minimum absolute atomic E-state index is 0.0428. The highest BCUT2D eigenvalue weighted by Gasteiger charge is 2.45. The highest BCUT2D eigenvalue weighted by Crippen LogP contribution is 2.34. The van der Waals surface area contributed by atoms with E-state index >= 15 is 0 Å². The van der Waals surface area contributed by atoms with Crippen LogP contribution in [0.5, 0.6) is 0 Å². The molecule has 0 radical (unpaired) electrons. The van der Waals surface area contributed by atoms with Gasteiger partial charge in [0.1, 0.15) is 11.6 Å². The van der Waals surface area contributed by atoms with Crippen LogP contribution in [0.3, 0.4) is 0 Å². The van der Waals surface area contributed by atoms with Crippen LogP contribution in [0.2, 0.25) is 0 Å². The molecule has 21 heavy (non-hydrogen) atoms. The Balaban J connectivity index is 2.32. The van der Waals surface area contributed by atoms with Gasteiger partial charge >= 0.3 is 12.1 Å². The molecule has 0 saturated carbocycles. The standard InChI is InChI=1S/C12H14F3N3O3/c1-3-21-11(20)9-6(5-16-10(9)19)7-4-8(12(13,14)15)18(2)17-7/h4,6,9H,3,5H2,1-2H3,(H,16,19)/t6-,9?/m1/s1. The van der Waals surface area contributed by atoms with E-state index in [9.17, 15) is 22.8 Å². The van der Waals surface area contributed by atoms with Crippen molar-refractivity contribution in [2.45, 2.75) is 19.0 Å². The lowest BCUT2D eigenvalue weighted by atomic mass is 9.92. The predicted octanol–water partition coefficient (Wildman–Crippen LogP) is 0.832. The first kappa shape index (κ1) is 15.3. The largest absolute Gasteiger partial charge is 0.465 e. The molecule has 116 valence electrons. The number of nitrogens with one attached hydrogen (secondary N) is 1. The van der Waals surface area contributed by atoms with Crippen LogP contribution in [0.1, 0.15) is 24.2 Å². The zero-order valence-corrected chi connectivity index (χ0v) is 11.4. The van der Waals surface area contributed by atoms with E-state index < -0.39 is 35.6 Å². The number of ether oxygens (including phenoxy) is 1. The fraction of sp³-hybridized carbons (Fsp3) is 0.583. The lowest BCUT2D eigenvalue weighted by Crippen LogP contribution is -2.29. The molecule has 1 N–H and O–H groups in total. The third-order valence-corrected chi connectivity index (χ3v) is 3.29. The summed E-state index contributed by atoms with van der Waals surface area (Å²) in [6.45, 7) is 1.73. The van der Waals surface area contributed by atoms with E-state index in [-0.39, 0.29) is 18.8 Å². The Morgan fingerprint density at radius 1 is 1.57 bits per heavy atom. The van der Waals surface area contributed by atoms with Crippen molar-refractivity contribution >= 4 is 11.9 Å². The van der Waals surface area contributed by atoms with Gasteiger partial charge in [0.15, 0.2) is 0 Å². The maximum absolute atomic E-state index is 12.8. The number of hydrogen-bond acceptors (Lipinski definition) is 4.